The van der Waals surface area contributed by atoms with Gasteiger partial charge in [0.25, 0.3) is 0 Å². The van der Waals surface area contributed by atoms with E-state index in [4.69, 9.17) is 18.9 Å². The summed E-state index contributed by atoms with van der Waals surface area (Å²) in [6.07, 6.45) is -6.95. The van der Waals surface area contributed by atoms with E-state index in [0.29, 0.717) is 0 Å². The molecule has 0 amide bonds. The van der Waals surface area contributed by atoms with Crippen LogP contribution in [-0.2, 0) is 28.4 Å². The van der Waals surface area contributed by atoms with Crippen molar-refractivity contribution >= 4 is 24.6 Å². The molecular formula is C14H12O10. The molecule has 0 spiro atoms. The summed E-state index contributed by atoms with van der Waals surface area (Å²) in [7, 11) is 0. The molecule has 0 aromatic carbocycles. The fourth-order valence-corrected chi connectivity index (χ4v) is 4.02. The van der Waals surface area contributed by atoms with E-state index in [2.05, 4.69) is 9.47 Å². The minimum Gasteiger partial charge on any atom is -0.426 e. The molecule has 2 saturated heterocycles. The Bertz CT molecular complexity index is 648. The molecule has 0 aromatic heterocycles. The summed E-state index contributed by atoms with van der Waals surface area (Å²) in [5.41, 5.74) is -0.377. The van der Waals surface area contributed by atoms with Crippen molar-refractivity contribution in [1.82, 2.24) is 0 Å². The molecule has 5 rings (SSSR count). The fourth-order valence-electron chi connectivity index (χ4n) is 4.02. The highest BCUT2D eigenvalue weighted by molar-refractivity contribution is 5.79. The lowest BCUT2D eigenvalue weighted by atomic mass is 9.57. The fraction of sp³-hybridized carbons (Fsp3) is 0.571. The monoisotopic (exact) mass is 340 g/mol. The third-order valence-corrected chi connectivity index (χ3v) is 4.84. The van der Waals surface area contributed by atoms with E-state index < -0.39 is 60.4 Å². The molecule has 10 heteroatoms. The molecular weight excluding hydrogens is 328 g/mol. The summed E-state index contributed by atoms with van der Waals surface area (Å²) in [6, 6.07) is 0. The van der Waals surface area contributed by atoms with Crippen LogP contribution in [0.4, 0.5) is 19.2 Å². The Morgan fingerprint density at radius 3 is 1.67 bits per heavy atom. The lowest BCUT2D eigenvalue weighted by Crippen LogP contribution is -2.68. The zero-order valence-corrected chi connectivity index (χ0v) is 12.5. The second kappa shape index (κ2) is 4.62. The van der Waals surface area contributed by atoms with Gasteiger partial charge in [-0.05, 0) is 13.8 Å². The van der Waals surface area contributed by atoms with E-state index >= 15 is 0 Å². The van der Waals surface area contributed by atoms with Gasteiger partial charge in [0.05, 0.1) is 11.3 Å². The number of hydrogen-bond donors (Lipinski definition) is 0. The average Bonchev–Trinajstić information content (AvgIpc) is 2.70. The second-order valence-corrected chi connectivity index (χ2v) is 6.23. The highest BCUT2D eigenvalue weighted by Crippen LogP contribution is 2.54. The van der Waals surface area contributed by atoms with Gasteiger partial charge in [0.15, 0.2) is 24.4 Å². The van der Waals surface area contributed by atoms with Crippen molar-refractivity contribution in [2.45, 2.75) is 38.3 Å². The van der Waals surface area contributed by atoms with Crippen molar-refractivity contribution in [1.29, 1.82) is 0 Å². The summed E-state index contributed by atoms with van der Waals surface area (Å²) in [5, 5.41) is 0. The first-order valence-electron chi connectivity index (χ1n) is 7.17. The quantitative estimate of drug-likeness (QED) is 0.278. The van der Waals surface area contributed by atoms with Gasteiger partial charge in [-0.3, -0.25) is 0 Å². The van der Waals surface area contributed by atoms with Gasteiger partial charge in [0, 0.05) is 0 Å². The van der Waals surface area contributed by atoms with Crippen LogP contribution >= 0.6 is 0 Å². The molecule has 3 fully saturated rings. The largest absolute Gasteiger partial charge is 0.519 e. The predicted octanol–water partition coefficient (Wildman–Crippen LogP) is 1.66. The van der Waals surface area contributed by atoms with E-state index in [0.717, 1.165) is 5.57 Å². The number of cyclic esters (lactones) is 4. The maximum Gasteiger partial charge on any atom is 0.519 e. The molecule has 0 radical (unpaired) electrons. The van der Waals surface area contributed by atoms with E-state index in [1.807, 2.05) is 0 Å². The van der Waals surface area contributed by atoms with Gasteiger partial charge >= 0.3 is 24.6 Å². The Balaban J connectivity index is 1.83. The first-order valence-corrected chi connectivity index (χ1v) is 7.17. The molecule has 128 valence electrons. The molecule has 3 aliphatic carbocycles. The van der Waals surface area contributed by atoms with Crippen LogP contribution in [-0.4, -0.2) is 49.0 Å². The van der Waals surface area contributed by atoms with Crippen LogP contribution < -0.4 is 0 Å². The SMILES string of the molecule is CC1=CC2(C)C3OC(=O)OC(=O)OC3C1C1OC(=O)OC(=O)OC12. The molecule has 5 aliphatic rings. The van der Waals surface area contributed by atoms with E-state index in [9.17, 15) is 19.2 Å². The normalized spacial score (nSPS) is 43.2. The first kappa shape index (κ1) is 14.8. The third kappa shape index (κ3) is 1.88. The zero-order valence-electron chi connectivity index (χ0n) is 12.5. The van der Waals surface area contributed by atoms with Gasteiger partial charge in [0.2, 0.25) is 0 Å². The first-order chi connectivity index (χ1) is 11.3. The summed E-state index contributed by atoms with van der Waals surface area (Å²) in [6.45, 7) is 3.39. The molecule has 24 heavy (non-hydrogen) atoms. The zero-order chi connectivity index (χ0) is 17.2. The highest BCUT2D eigenvalue weighted by Gasteiger charge is 2.68. The third-order valence-electron chi connectivity index (χ3n) is 4.84. The van der Waals surface area contributed by atoms with Gasteiger partial charge in [-0.25, -0.2) is 19.2 Å². The van der Waals surface area contributed by atoms with Crippen LogP contribution in [0.3, 0.4) is 0 Å². The minimum atomic E-state index is -1.21. The molecule has 10 nitrogen and oxygen atoms in total. The Labute approximate surface area is 134 Å². The highest BCUT2D eigenvalue weighted by atomic mass is 16.8. The average molecular weight is 340 g/mol. The standard InChI is InChI=1S/C14H12O10/c1-4-3-14(2)8-6(19-10(15)23-12(17)21-8)5(4)7-9(14)22-13(18)24-11(16)20-7/h3,5-9H,1-2H3. The molecule has 1 saturated carbocycles. The summed E-state index contributed by atoms with van der Waals surface area (Å²) in [4.78, 5) is 46.4. The van der Waals surface area contributed by atoms with Gasteiger partial charge < -0.3 is 28.4 Å². The summed E-state index contributed by atoms with van der Waals surface area (Å²) >= 11 is 0. The number of hydrogen-bond acceptors (Lipinski definition) is 10. The molecule has 0 N–H and O–H groups in total. The lowest BCUT2D eigenvalue weighted by Gasteiger charge is -2.55. The number of rotatable bonds is 0. The number of ether oxygens (including phenoxy) is 6. The van der Waals surface area contributed by atoms with E-state index in [-0.39, 0.29) is 0 Å². The van der Waals surface area contributed by atoms with E-state index in [1.54, 1.807) is 19.9 Å². The van der Waals surface area contributed by atoms with Crippen molar-refractivity contribution in [3.8, 4) is 0 Å². The Hall–Kier alpha value is -2.78. The van der Waals surface area contributed by atoms with Gasteiger partial charge in [-0.1, -0.05) is 11.6 Å². The Kier molecular flexibility index (Phi) is 2.85. The molecule has 4 unspecified atom stereocenters. The van der Waals surface area contributed by atoms with Crippen molar-refractivity contribution in [3.05, 3.63) is 11.6 Å². The molecule has 4 atom stereocenters. The number of carbonyl (C=O) groups is 4. The molecule has 2 heterocycles. The van der Waals surface area contributed by atoms with Crippen molar-refractivity contribution < 1.29 is 47.6 Å². The van der Waals surface area contributed by atoms with Crippen LogP contribution in [0.5, 0.6) is 0 Å². The van der Waals surface area contributed by atoms with Crippen molar-refractivity contribution in [2.24, 2.45) is 11.3 Å². The van der Waals surface area contributed by atoms with Crippen LogP contribution in [0.2, 0.25) is 0 Å². The second-order valence-electron chi connectivity index (χ2n) is 6.23. The maximum atomic E-state index is 11.6. The van der Waals surface area contributed by atoms with Crippen LogP contribution in [0.25, 0.3) is 0 Å². The van der Waals surface area contributed by atoms with Crippen LogP contribution in [0.1, 0.15) is 13.8 Å². The Morgan fingerprint density at radius 1 is 0.792 bits per heavy atom. The van der Waals surface area contributed by atoms with Gasteiger partial charge in [-0.15, -0.1) is 0 Å². The van der Waals surface area contributed by atoms with Crippen molar-refractivity contribution in [3.63, 3.8) is 0 Å². The van der Waals surface area contributed by atoms with Gasteiger partial charge in [0.1, 0.15) is 0 Å². The Morgan fingerprint density at radius 2 is 1.21 bits per heavy atom. The minimum absolute atomic E-state index is 0.682. The topological polar surface area (TPSA) is 124 Å². The van der Waals surface area contributed by atoms with Crippen LogP contribution in [0.15, 0.2) is 11.6 Å². The molecule has 2 bridgehead atoms. The lowest BCUT2D eigenvalue weighted by molar-refractivity contribution is -0.191. The van der Waals surface area contributed by atoms with Crippen LogP contribution in [0, 0.1) is 11.3 Å². The predicted molar refractivity (Wildman–Crippen MR) is 68.6 cm³/mol. The summed E-state index contributed by atoms with van der Waals surface area (Å²) in [5.74, 6) is -0.682. The van der Waals surface area contributed by atoms with E-state index in [1.165, 1.54) is 0 Å². The molecule has 2 aliphatic heterocycles. The smallest absolute Gasteiger partial charge is 0.426 e. The van der Waals surface area contributed by atoms with Crippen molar-refractivity contribution in [2.75, 3.05) is 0 Å². The summed E-state index contributed by atoms with van der Waals surface area (Å²) < 4.78 is 29.5. The molecule has 0 aromatic rings. The van der Waals surface area contributed by atoms with Gasteiger partial charge in [-0.2, -0.15) is 0 Å². The number of carbonyl (C=O) groups excluding carboxylic acids is 4. The maximum absolute atomic E-state index is 11.6.